The second-order valence-corrected chi connectivity index (χ2v) is 8.47. The Balaban J connectivity index is 1.33. The van der Waals surface area contributed by atoms with Crippen LogP contribution in [0.1, 0.15) is 15.9 Å². The number of carbonyl (C=O) groups excluding carboxylic acids is 2. The number of ether oxygens (including phenoxy) is 3. The number of thiazole rings is 1. The van der Waals surface area contributed by atoms with Gasteiger partial charge in [-0.25, -0.2) is 14.2 Å². The Bertz CT molecular complexity index is 1360. The van der Waals surface area contributed by atoms with E-state index in [9.17, 15) is 14.0 Å². The van der Waals surface area contributed by atoms with Crippen molar-refractivity contribution in [2.75, 3.05) is 18.3 Å². The Morgan fingerprint density at radius 2 is 1.77 bits per heavy atom. The van der Waals surface area contributed by atoms with E-state index in [1.54, 1.807) is 29.6 Å². The number of hydrogen-bond donors (Lipinski definition) is 0. The van der Waals surface area contributed by atoms with E-state index in [1.807, 2.05) is 30.3 Å². The summed E-state index contributed by atoms with van der Waals surface area (Å²) in [7, 11) is 0. The molecule has 3 aromatic carbocycles. The minimum absolute atomic E-state index is 0.0918. The largest absolute Gasteiger partial charge is 0.454 e. The minimum atomic E-state index is -0.651. The van der Waals surface area contributed by atoms with Crippen LogP contribution in [0.5, 0.6) is 11.5 Å². The highest BCUT2D eigenvalue weighted by Gasteiger charge is 2.23. The maximum atomic E-state index is 13.3. The smallest absolute Gasteiger partial charge is 0.338 e. The summed E-state index contributed by atoms with van der Waals surface area (Å²) in [5.74, 6) is -0.417. The van der Waals surface area contributed by atoms with Crippen LogP contribution in [-0.2, 0) is 16.1 Å². The number of esters is 1. The maximum Gasteiger partial charge on any atom is 0.338 e. The Kier molecular flexibility index (Phi) is 6.40. The number of halogens is 1. The van der Waals surface area contributed by atoms with Crippen LogP contribution in [0.3, 0.4) is 0 Å². The van der Waals surface area contributed by atoms with Crippen molar-refractivity contribution in [2.45, 2.75) is 6.54 Å². The maximum absolute atomic E-state index is 13.3. The molecule has 1 aliphatic heterocycles. The number of amides is 1. The number of aromatic nitrogens is 1. The predicted molar refractivity (Wildman–Crippen MR) is 128 cm³/mol. The van der Waals surface area contributed by atoms with Gasteiger partial charge in [0.15, 0.2) is 23.2 Å². The number of rotatable bonds is 7. The molecule has 0 spiro atoms. The van der Waals surface area contributed by atoms with Gasteiger partial charge in [0.2, 0.25) is 6.79 Å². The lowest BCUT2D eigenvalue weighted by atomic mass is 10.2. The van der Waals surface area contributed by atoms with Crippen molar-refractivity contribution in [3.63, 3.8) is 0 Å². The van der Waals surface area contributed by atoms with Gasteiger partial charge in [-0.1, -0.05) is 30.3 Å². The monoisotopic (exact) mass is 490 g/mol. The third-order valence-electron chi connectivity index (χ3n) is 5.28. The van der Waals surface area contributed by atoms with Gasteiger partial charge in [-0.15, -0.1) is 11.3 Å². The summed E-state index contributed by atoms with van der Waals surface area (Å²) < 4.78 is 29.1. The molecule has 35 heavy (non-hydrogen) atoms. The summed E-state index contributed by atoms with van der Waals surface area (Å²) in [6.07, 6.45) is 0. The zero-order chi connectivity index (χ0) is 24.2. The second-order valence-electron chi connectivity index (χ2n) is 7.63. The van der Waals surface area contributed by atoms with Crippen molar-refractivity contribution < 1.29 is 28.2 Å². The van der Waals surface area contributed by atoms with E-state index in [1.165, 1.54) is 34.4 Å². The molecule has 9 heteroatoms. The third-order valence-corrected chi connectivity index (χ3v) is 6.15. The van der Waals surface area contributed by atoms with Gasteiger partial charge < -0.3 is 14.2 Å². The van der Waals surface area contributed by atoms with E-state index >= 15 is 0 Å². The van der Waals surface area contributed by atoms with Crippen molar-refractivity contribution in [1.29, 1.82) is 0 Å². The number of nitrogens with zero attached hydrogens (tertiary/aromatic N) is 2. The minimum Gasteiger partial charge on any atom is -0.454 e. The molecule has 176 valence electrons. The predicted octanol–water partition coefficient (Wildman–Crippen LogP) is 5.07. The van der Waals surface area contributed by atoms with Crippen LogP contribution >= 0.6 is 11.3 Å². The van der Waals surface area contributed by atoms with Crippen LogP contribution < -0.4 is 14.4 Å². The summed E-state index contributed by atoms with van der Waals surface area (Å²) in [4.78, 5) is 31.8. The topological polar surface area (TPSA) is 78.0 Å². The van der Waals surface area contributed by atoms with E-state index in [0.29, 0.717) is 22.3 Å². The molecule has 0 atom stereocenters. The quantitative estimate of drug-likeness (QED) is 0.337. The third kappa shape index (κ3) is 5.15. The first kappa shape index (κ1) is 22.5. The molecule has 4 aromatic rings. The highest BCUT2D eigenvalue weighted by Crippen LogP contribution is 2.33. The average Bonchev–Trinajstić information content (AvgIpc) is 3.56. The van der Waals surface area contributed by atoms with Crippen LogP contribution in [-0.4, -0.2) is 30.3 Å². The lowest BCUT2D eigenvalue weighted by Gasteiger charge is -2.20. The van der Waals surface area contributed by atoms with Crippen LogP contribution in [0, 0.1) is 5.82 Å². The van der Waals surface area contributed by atoms with E-state index < -0.39 is 18.5 Å². The zero-order valence-electron chi connectivity index (χ0n) is 18.3. The number of anilines is 1. The number of hydrogen-bond acceptors (Lipinski definition) is 7. The summed E-state index contributed by atoms with van der Waals surface area (Å²) in [5.41, 5.74) is 2.49. The first-order valence-electron chi connectivity index (χ1n) is 10.7. The van der Waals surface area contributed by atoms with Gasteiger partial charge in [-0.2, -0.15) is 0 Å². The SMILES string of the molecule is O=C(OCC(=O)N(Cc1ccccc1)c1nc(-c2ccc(F)cc2)cs1)c1ccc2c(c1)OCO2. The Morgan fingerprint density at radius 3 is 2.57 bits per heavy atom. The van der Waals surface area contributed by atoms with Crippen LogP contribution in [0.4, 0.5) is 9.52 Å². The van der Waals surface area contributed by atoms with Crippen molar-refractivity contribution in [2.24, 2.45) is 0 Å². The summed E-state index contributed by atoms with van der Waals surface area (Å²) in [6, 6.07) is 20.1. The van der Waals surface area contributed by atoms with E-state index in [-0.39, 0.29) is 24.7 Å². The average molecular weight is 491 g/mol. The van der Waals surface area contributed by atoms with E-state index in [2.05, 4.69) is 4.98 Å². The van der Waals surface area contributed by atoms with Crippen LogP contribution in [0.25, 0.3) is 11.3 Å². The fraction of sp³-hybridized carbons (Fsp3) is 0.115. The molecule has 5 rings (SSSR count). The molecule has 0 saturated heterocycles. The summed E-state index contributed by atoms with van der Waals surface area (Å²) in [5, 5.41) is 2.24. The molecule has 0 radical (unpaired) electrons. The standard InChI is InChI=1S/C26H19FN2O5S/c27-20-9-6-18(7-10-20)21-15-35-26(28-21)29(13-17-4-2-1-3-5-17)24(30)14-32-25(31)19-8-11-22-23(12-19)34-16-33-22/h1-12,15H,13-14,16H2. The lowest BCUT2D eigenvalue weighted by molar-refractivity contribution is -0.121. The molecule has 1 aliphatic rings. The molecule has 0 fully saturated rings. The Morgan fingerprint density at radius 1 is 1.00 bits per heavy atom. The normalized spacial score (nSPS) is 11.8. The van der Waals surface area contributed by atoms with Gasteiger partial charge >= 0.3 is 5.97 Å². The Hall–Kier alpha value is -4.24. The Labute approximate surface area is 204 Å². The zero-order valence-corrected chi connectivity index (χ0v) is 19.2. The van der Waals surface area contributed by atoms with Crippen molar-refractivity contribution in [3.8, 4) is 22.8 Å². The number of fused-ring (bicyclic) bond motifs is 1. The van der Waals surface area contributed by atoms with Gasteiger partial charge in [0, 0.05) is 10.9 Å². The fourth-order valence-electron chi connectivity index (χ4n) is 3.48. The molecule has 1 aromatic heterocycles. The lowest BCUT2D eigenvalue weighted by Crippen LogP contribution is -2.34. The highest BCUT2D eigenvalue weighted by molar-refractivity contribution is 7.14. The molecule has 0 bridgehead atoms. The molecule has 0 N–H and O–H groups in total. The first-order chi connectivity index (χ1) is 17.1. The van der Waals surface area contributed by atoms with Gasteiger partial charge in [-0.05, 0) is 48.0 Å². The molecule has 0 unspecified atom stereocenters. The molecule has 2 heterocycles. The molecule has 7 nitrogen and oxygen atoms in total. The van der Waals surface area contributed by atoms with Gasteiger partial charge in [0.05, 0.1) is 17.8 Å². The van der Waals surface area contributed by atoms with E-state index in [4.69, 9.17) is 14.2 Å². The van der Waals surface area contributed by atoms with Gasteiger partial charge in [0.1, 0.15) is 5.82 Å². The van der Waals surface area contributed by atoms with Crippen molar-refractivity contribution in [1.82, 2.24) is 4.98 Å². The molecule has 0 aliphatic carbocycles. The van der Waals surface area contributed by atoms with Crippen LogP contribution in [0.2, 0.25) is 0 Å². The molecule has 1 amide bonds. The number of benzene rings is 3. The van der Waals surface area contributed by atoms with Crippen molar-refractivity contribution >= 4 is 28.3 Å². The summed E-state index contributed by atoms with van der Waals surface area (Å²) >= 11 is 1.28. The summed E-state index contributed by atoms with van der Waals surface area (Å²) in [6.45, 7) is -0.127. The van der Waals surface area contributed by atoms with Gasteiger partial charge in [0.25, 0.3) is 5.91 Å². The number of carbonyl (C=O) groups is 2. The van der Waals surface area contributed by atoms with Crippen molar-refractivity contribution in [3.05, 3.63) is 95.1 Å². The van der Waals surface area contributed by atoms with Gasteiger partial charge in [-0.3, -0.25) is 9.69 Å². The molecule has 0 saturated carbocycles. The second kappa shape index (κ2) is 9.94. The highest BCUT2D eigenvalue weighted by atomic mass is 32.1. The van der Waals surface area contributed by atoms with E-state index in [0.717, 1.165) is 11.1 Å². The first-order valence-corrected chi connectivity index (χ1v) is 11.6. The van der Waals surface area contributed by atoms with Crippen LogP contribution in [0.15, 0.2) is 78.2 Å². The fourth-order valence-corrected chi connectivity index (χ4v) is 4.33. The molecular formula is C26H19FN2O5S. The molecular weight excluding hydrogens is 471 g/mol.